The number of benzene rings is 3. The van der Waals surface area contributed by atoms with Crippen LogP contribution in [0.5, 0.6) is 5.75 Å². The van der Waals surface area contributed by atoms with E-state index in [1.54, 1.807) is 30.3 Å². The van der Waals surface area contributed by atoms with Crippen molar-refractivity contribution in [2.45, 2.75) is 0 Å². The number of aromatic hydroxyl groups is 1. The molecule has 3 aromatic rings. The van der Waals surface area contributed by atoms with Crippen LogP contribution in [-0.4, -0.2) is 5.11 Å². The van der Waals surface area contributed by atoms with Gasteiger partial charge >= 0.3 is 0 Å². The highest BCUT2D eigenvalue weighted by Gasteiger charge is 2.09. The summed E-state index contributed by atoms with van der Waals surface area (Å²) in [4.78, 5) is 0. The number of phenols is 1. The van der Waals surface area contributed by atoms with Crippen molar-refractivity contribution in [2.75, 3.05) is 0 Å². The standard InChI is InChI=1S/C16H9Cl3O/c17-11-2-4-14-9(6-11)5-10(7-16(14)20)13-3-1-12(18)8-15(13)19/h1-8,20H. The van der Waals surface area contributed by atoms with Gasteiger partial charge in [0.1, 0.15) is 5.75 Å². The Hall–Kier alpha value is -1.41. The van der Waals surface area contributed by atoms with E-state index in [9.17, 15) is 5.11 Å². The molecule has 0 bridgehead atoms. The monoisotopic (exact) mass is 322 g/mol. The highest BCUT2D eigenvalue weighted by molar-refractivity contribution is 6.36. The fourth-order valence-electron chi connectivity index (χ4n) is 2.20. The number of halogens is 3. The lowest BCUT2D eigenvalue weighted by Gasteiger charge is -2.09. The lowest BCUT2D eigenvalue weighted by Crippen LogP contribution is -1.82. The van der Waals surface area contributed by atoms with Crippen LogP contribution >= 0.6 is 34.8 Å². The van der Waals surface area contributed by atoms with Gasteiger partial charge in [0.25, 0.3) is 0 Å². The predicted molar refractivity (Wildman–Crippen MR) is 86.1 cm³/mol. The van der Waals surface area contributed by atoms with E-state index in [2.05, 4.69) is 0 Å². The van der Waals surface area contributed by atoms with Gasteiger partial charge in [0.2, 0.25) is 0 Å². The molecule has 0 aliphatic carbocycles. The molecule has 0 atom stereocenters. The van der Waals surface area contributed by atoms with Crippen molar-refractivity contribution in [1.82, 2.24) is 0 Å². The molecule has 1 N–H and O–H groups in total. The second kappa shape index (κ2) is 5.17. The van der Waals surface area contributed by atoms with Gasteiger partial charge in [-0.1, -0.05) is 40.9 Å². The zero-order chi connectivity index (χ0) is 14.3. The van der Waals surface area contributed by atoms with Crippen molar-refractivity contribution < 1.29 is 5.11 Å². The highest BCUT2D eigenvalue weighted by Crippen LogP contribution is 2.36. The summed E-state index contributed by atoms with van der Waals surface area (Å²) in [6.07, 6.45) is 0. The van der Waals surface area contributed by atoms with Gasteiger partial charge in [0.05, 0.1) is 0 Å². The zero-order valence-corrected chi connectivity index (χ0v) is 12.5. The van der Waals surface area contributed by atoms with Crippen LogP contribution in [0.4, 0.5) is 0 Å². The molecule has 100 valence electrons. The first kappa shape index (κ1) is 13.6. The van der Waals surface area contributed by atoms with E-state index >= 15 is 0 Å². The molecule has 0 saturated heterocycles. The third-order valence-electron chi connectivity index (χ3n) is 3.13. The summed E-state index contributed by atoms with van der Waals surface area (Å²) in [5, 5.41) is 13.5. The van der Waals surface area contributed by atoms with Crippen molar-refractivity contribution >= 4 is 45.6 Å². The van der Waals surface area contributed by atoms with Gasteiger partial charge in [-0.15, -0.1) is 0 Å². The third kappa shape index (κ3) is 2.45. The van der Waals surface area contributed by atoms with Crippen LogP contribution in [0.1, 0.15) is 0 Å². The Morgan fingerprint density at radius 2 is 1.45 bits per heavy atom. The SMILES string of the molecule is Oc1cc(-c2ccc(Cl)cc2Cl)cc2cc(Cl)ccc12. The maximum atomic E-state index is 10.1. The summed E-state index contributed by atoms with van der Waals surface area (Å²) in [7, 11) is 0. The molecule has 3 aromatic carbocycles. The Labute approximate surface area is 131 Å². The molecular weight excluding hydrogens is 315 g/mol. The number of fused-ring (bicyclic) bond motifs is 1. The van der Waals surface area contributed by atoms with Gasteiger partial charge in [-0.2, -0.15) is 0 Å². The first-order valence-corrected chi connectivity index (χ1v) is 7.06. The van der Waals surface area contributed by atoms with E-state index in [1.807, 2.05) is 18.2 Å². The van der Waals surface area contributed by atoms with Gasteiger partial charge < -0.3 is 5.11 Å². The van der Waals surface area contributed by atoms with E-state index in [1.165, 1.54) is 0 Å². The number of rotatable bonds is 1. The van der Waals surface area contributed by atoms with Crippen LogP contribution in [0, 0.1) is 0 Å². The summed E-state index contributed by atoms with van der Waals surface area (Å²) in [6.45, 7) is 0. The highest BCUT2D eigenvalue weighted by atomic mass is 35.5. The van der Waals surface area contributed by atoms with Crippen molar-refractivity contribution in [2.24, 2.45) is 0 Å². The molecule has 0 unspecified atom stereocenters. The largest absolute Gasteiger partial charge is 0.507 e. The summed E-state index contributed by atoms with van der Waals surface area (Å²) in [6, 6.07) is 14.2. The summed E-state index contributed by atoms with van der Waals surface area (Å²) >= 11 is 18.1. The lowest BCUT2D eigenvalue weighted by molar-refractivity contribution is 0.482. The van der Waals surface area contributed by atoms with Crippen molar-refractivity contribution in [1.29, 1.82) is 0 Å². The van der Waals surface area contributed by atoms with E-state index < -0.39 is 0 Å². The van der Waals surface area contributed by atoms with Crippen LogP contribution in [0.2, 0.25) is 15.1 Å². The van der Waals surface area contributed by atoms with Crippen molar-refractivity contribution in [3.8, 4) is 16.9 Å². The second-order valence-corrected chi connectivity index (χ2v) is 5.77. The van der Waals surface area contributed by atoms with E-state index in [0.717, 1.165) is 21.9 Å². The average Bonchev–Trinajstić information content (AvgIpc) is 2.37. The van der Waals surface area contributed by atoms with Crippen LogP contribution in [0.3, 0.4) is 0 Å². The molecular formula is C16H9Cl3O. The predicted octanol–water partition coefficient (Wildman–Crippen LogP) is 6.17. The zero-order valence-electron chi connectivity index (χ0n) is 10.2. The molecule has 4 heteroatoms. The molecule has 0 radical (unpaired) electrons. The van der Waals surface area contributed by atoms with Crippen molar-refractivity contribution in [3.05, 3.63) is 63.6 Å². The van der Waals surface area contributed by atoms with Crippen LogP contribution in [0.25, 0.3) is 21.9 Å². The first-order valence-electron chi connectivity index (χ1n) is 5.92. The maximum Gasteiger partial charge on any atom is 0.124 e. The normalized spacial score (nSPS) is 10.9. The topological polar surface area (TPSA) is 20.2 Å². The minimum absolute atomic E-state index is 0.195. The molecule has 0 heterocycles. The molecule has 0 saturated carbocycles. The Morgan fingerprint density at radius 1 is 0.750 bits per heavy atom. The summed E-state index contributed by atoms with van der Waals surface area (Å²) in [5.74, 6) is 0.195. The van der Waals surface area contributed by atoms with Crippen molar-refractivity contribution in [3.63, 3.8) is 0 Å². The minimum Gasteiger partial charge on any atom is -0.507 e. The fourth-order valence-corrected chi connectivity index (χ4v) is 2.90. The lowest BCUT2D eigenvalue weighted by atomic mass is 10.0. The molecule has 0 aromatic heterocycles. The molecule has 0 aliphatic heterocycles. The molecule has 0 spiro atoms. The summed E-state index contributed by atoms with van der Waals surface area (Å²) in [5.41, 5.74) is 1.63. The van der Waals surface area contributed by atoms with Gasteiger partial charge in [-0.05, 0) is 53.4 Å². The third-order valence-corrected chi connectivity index (χ3v) is 3.92. The van der Waals surface area contributed by atoms with Crippen LogP contribution in [-0.2, 0) is 0 Å². The smallest absolute Gasteiger partial charge is 0.124 e. The van der Waals surface area contributed by atoms with Gasteiger partial charge in [-0.3, -0.25) is 0 Å². The maximum absolute atomic E-state index is 10.1. The number of phenolic OH excluding ortho intramolecular Hbond substituents is 1. The molecule has 1 nitrogen and oxygen atoms in total. The molecule has 0 fully saturated rings. The second-order valence-electron chi connectivity index (χ2n) is 4.48. The average molecular weight is 324 g/mol. The minimum atomic E-state index is 0.195. The number of hydrogen-bond acceptors (Lipinski definition) is 1. The van der Waals surface area contributed by atoms with E-state index in [0.29, 0.717) is 15.1 Å². The van der Waals surface area contributed by atoms with Crippen LogP contribution in [0.15, 0.2) is 48.5 Å². The van der Waals surface area contributed by atoms with Crippen LogP contribution < -0.4 is 0 Å². The van der Waals surface area contributed by atoms with Gasteiger partial charge in [-0.25, -0.2) is 0 Å². The Balaban J connectivity index is 2.26. The molecule has 20 heavy (non-hydrogen) atoms. The van der Waals surface area contributed by atoms with E-state index in [4.69, 9.17) is 34.8 Å². The summed E-state index contributed by atoms with van der Waals surface area (Å²) < 4.78 is 0. The van der Waals surface area contributed by atoms with Gasteiger partial charge in [0.15, 0.2) is 0 Å². The number of hydrogen-bond donors (Lipinski definition) is 1. The van der Waals surface area contributed by atoms with E-state index in [-0.39, 0.29) is 5.75 Å². The van der Waals surface area contributed by atoms with Gasteiger partial charge in [0, 0.05) is 26.0 Å². The Bertz CT molecular complexity index is 812. The molecule has 0 aliphatic rings. The first-order chi connectivity index (χ1) is 9.54. The fraction of sp³-hybridized carbons (Fsp3) is 0. The molecule has 3 rings (SSSR count). The Morgan fingerprint density at radius 3 is 2.20 bits per heavy atom. The Kier molecular flexibility index (Phi) is 3.51. The quantitative estimate of drug-likeness (QED) is 0.567. The molecule has 0 amide bonds.